The molecule has 1 nitrogen and oxygen atoms in total. The first-order valence-electron chi connectivity index (χ1n) is 6.90. The summed E-state index contributed by atoms with van der Waals surface area (Å²) < 4.78 is 0. The SMILES string of the molecule is C=C/C(=C\C=C/C)C(CC)C(/C=C\C(C)C)=C/N=C. The predicted octanol–water partition coefficient (Wildman–Crippen LogP) is 5.50. The first kappa shape index (κ1) is 17.4. The first-order chi connectivity index (χ1) is 9.10. The summed E-state index contributed by atoms with van der Waals surface area (Å²) in [4.78, 5) is 3.94. The normalized spacial score (nSPS) is 15.4. The van der Waals surface area contributed by atoms with Gasteiger partial charge in [-0.25, -0.2) is 0 Å². The maximum Gasteiger partial charge on any atom is 0.0298 e. The maximum atomic E-state index is 3.94. The number of allylic oxidation sites excluding steroid dienone is 8. The fourth-order valence-electron chi connectivity index (χ4n) is 1.86. The minimum absolute atomic E-state index is 0.314. The van der Waals surface area contributed by atoms with Crippen LogP contribution in [-0.2, 0) is 0 Å². The van der Waals surface area contributed by atoms with E-state index in [9.17, 15) is 0 Å². The average Bonchev–Trinajstić information content (AvgIpc) is 2.39. The van der Waals surface area contributed by atoms with E-state index < -0.39 is 0 Å². The minimum atomic E-state index is 0.314. The molecular formula is C18H27N. The van der Waals surface area contributed by atoms with Crippen LogP contribution in [0.5, 0.6) is 0 Å². The molecule has 104 valence electrons. The molecule has 0 aliphatic rings. The van der Waals surface area contributed by atoms with Gasteiger partial charge in [-0.15, -0.1) is 0 Å². The molecule has 0 aliphatic heterocycles. The van der Waals surface area contributed by atoms with Crippen LogP contribution in [0.3, 0.4) is 0 Å². The van der Waals surface area contributed by atoms with E-state index in [1.807, 2.05) is 31.4 Å². The Morgan fingerprint density at radius 2 is 1.95 bits per heavy atom. The third-order valence-corrected chi connectivity index (χ3v) is 2.84. The number of hydrogen-bond acceptors (Lipinski definition) is 1. The molecule has 0 saturated carbocycles. The molecule has 0 N–H and O–H groups in total. The van der Waals surface area contributed by atoms with Crippen molar-refractivity contribution in [1.82, 2.24) is 0 Å². The number of nitrogens with zero attached hydrogens (tertiary/aromatic N) is 1. The van der Waals surface area contributed by atoms with Crippen LogP contribution in [0.15, 0.2) is 65.4 Å². The third-order valence-electron chi connectivity index (χ3n) is 2.84. The van der Waals surface area contributed by atoms with Crippen LogP contribution in [0.25, 0.3) is 0 Å². The van der Waals surface area contributed by atoms with Gasteiger partial charge in [-0.2, -0.15) is 0 Å². The molecule has 19 heavy (non-hydrogen) atoms. The Morgan fingerprint density at radius 1 is 1.26 bits per heavy atom. The summed E-state index contributed by atoms with van der Waals surface area (Å²) in [6.45, 7) is 16.0. The number of aliphatic imine (C=N–C) groups is 1. The lowest BCUT2D eigenvalue weighted by Gasteiger charge is -2.17. The second-order valence-electron chi connectivity index (χ2n) is 4.77. The van der Waals surface area contributed by atoms with Crippen LogP contribution in [0.1, 0.15) is 34.1 Å². The topological polar surface area (TPSA) is 12.4 Å². The molecule has 0 aliphatic carbocycles. The van der Waals surface area contributed by atoms with Gasteiger partial charge in [-0.3, -0.25) is 4.99 Å². The van der Waals surface area contributed by atoms with E-state index in [1.54, 1.807) is 0 Å². The molecule has 0 bridgehead atoms. The van der Waals surface area contributed by atoms with E-state index in [2.05, 4.69) is 57.3 Å². The lowest BCUT2D eigenvalue weighted by molar-refractivity contribution is 0.710. The van der Waals surface area contributed by atoms with Crippen molar-refractivity contribution < 1.29 is 0 Å². The van der Waals surface area contributed by atoms with Gasteiger partial charge in [-0.05, 0) is 37.1 Å². The third kappa shape index (κ3) is 6.76. The second kappa shape index (κ2) is 10.3. The van der Waals surface area contributed by atoms with Crippen molar-refractivity contribution in [3.63, 3.8) is 0 Å². The second-order valence-corrected chi connectivity index (χ2v) is 4.77. The molecule has 0 aromatic heterocycles. The van der Waals surface area contributed by atoms with Gasteiger partial charge in [0.25, 0.3) is 0 Å². The van der Waals surface area contributed by atoms with Crippen LogP contribution in [0, 0.1) is 11.8 Å². The minimum Gasteiger partial charge on any atom is -0.272 e. The zero-order chi connectivity index (χ0) is 14.7. The summed E-state index contributed by atoms with van der Waals surface area (Å²) in [6, 6.07) is 0. The standard InChI is InChI=1S/C18H27N/c1-7-10-11-16(8-2)18(9-3)17(14-19-6)13-12-15(4)5/h7-8,10-15,18H,2,6,9H2,1,3-5H3/b10-7-,13-12-,16-11+,17-14+. The van der Waals surface area contributed by atoms with Gasteiger partial charge in [0, 0.05) is 12.1 Å². The fraction of sp³-hybridized carbons (Fsp3) is 0.389. The summed E-state index contributed by atoms with van der Waals surface area (Å²) >= 11 is 0. The Labute approximate surface area is 118 Å². The molecule has 0 amide bonds. The smallest absolute Gasteiger partial charge is 0.0298 e. The van der Waals surface area contributed by atoms with Crippen molar-refractivity contribution in [2.75, 3.05) is 0 Å². The van der Waals surface area contributed by atoms with E-state index in [-0.39, 0.29) is 0 Å². The Hall–Kier alpha value is -1.63. The van der Waals surface area contributed by atoms with Crippen molar-refractivity contribution in [3.05, 3.63) is 60.4 Å². The Balaban J connectivity index is 5.41. The lowest BCUT2D eigenvalue weighted by Crippen LogP contribution is -2.04. The number of rotatable bonds is 8. The van der Waals surface area contributed by atoms with Crippen molar-refractivity contribution in [2.24, 2.45) is 16.8 Å². The molecule has 0 aromatic carbocycles. The zero-order valence-electron chi connectivity index (χ0n) is 12.8. The quantitative estimate of drug-likeness (QED) is 0.402. The lowest BCUT2D eigenvalue weighted by atomic mass is 9.87. The molecule has 0 spiro atoms. The molecule has 0 saturated heterocycles. The van der Waals surface area contributed by atoms with E-state index >= 15 is 0 Å². The van der Waals surface area contributed by atoms with Crippen LogP contribution >= 0.6 is 0 Å². The maximum absolute atomic E-state index is 3.94. The van der Waals surface area contributed by atoms with E-state index in [0.717, 1.165) is 6.42 Å². The Morgan fingerprint density at radius 3 is 2.37 bits per heavy atom. The monoisotopic (exact) mass is 257 g/mol. The first-order valence-corrected chi connectivity index (χ1v) is 6.90. The molecule has 1 heteroatoms. The Kier molecular flexibility index (Phi) is 9.42. The van der Waals surface area contributed by atoms with Crippen molar-refractivity contribution in [3.8, 4) is 0 Å². The van der Waals surface area contributed by atoms with Crippen LogP contribution in [0.4, 0.5) is 0 Å². The molecular weight excluding hydrogens is 230 g/mol. The highest BCUT2D eigenvalue weighted by Gasteiger charge is 2.13. The molecule has 0 fully saturated rings. The predicted molar refractivity (Wildman–Crippen MR) is 88.5 cm³/mol. The van der Waals surface area contributed by atoms with E-state index in [1.165, 1.54) is 11.1 Å². The molecule has 1 atom stereocenters. The fourth-order valence-corrected chi connectivity index (χ4v) is 1.86. The van der Waals surface area contributed by atoms with Crippen LogP contribution < -0.4 is 0 Å². The molecule has 0 rings (SSSR count). The summed E-state index contributed by atoms with van der Waals surface area (Å²) in [6.07, 6.45) is 15.3. The van der Waals surface area contributed by atoms with Gasteiger partial charge in [0.1, 0.15) is 0 Å². The van der Waals surface area contributed by atoms with E-state index in [4.69, 9.17) is 0 Å². The summed E-state index contributed by atoms with van der Waals surface area (Å²) in [5.41, 5.74) is 2.39. The highest BCUT2D eigenvalue weighted by atomic mass is 14.6. The van der Waals surface area contributed by atoms with Crippen molar-refractivity contribution in [2.45, 2.75) is 34.1 Å². The Bertz CT molecular complexity index is 392. The van der Waals surface area contributed by atoms with Gasteiger partial charge in [-0.1, -0.05) is 63.8 Å². The van der Waals surface area contributed by atoms with E-state index in [0.29, 0.717) is 11.8 Å². The molecule has 0 aromatic rings. The highest BCUT2D eigenvalue weighted by Crippen LogP contribution is 2.26. The van der Waals surface area contributed by atoms with Crippen molar-refractivity contribution in [1.29, 1.82) is 0 Å². The van der Waals surface area contributed by atoms with Gasteiger partial charge in [0.15, 0.2) is 0 Å². The summed E-state index contributed by atoms with van der Waals surface area (Å²) in [5.74, 6) is 0.839. The van der Waals surface area contributed by atoms with Gasteiger partial charge >= 0.3 is 0 Å². The largest absolute Gasteiger partial charge is 0.272 e. The molecule has 1 unspecified atom stereocenters. The zero-order valence-corrected chi connectivity index (χ0v) is 12.8. The summed E-state index contributed by atoms with van der Waals surface area (Å²) in [5, 5.41) is 0. The van der Waals surface area contributed by atoms with Crippen LogP contribution in [-0.4, -0.2) is 6.72 Å². The molecule has 0 heterocycles. The van der Waals surface area contributed by atoms with Gasteiger partial charge in [0.2, 0.25) is 0 Å². The number of hydrogen-bond donors (Lipinski definition) is 0. The van der Waals surface area contributed by atoms with Gasteiger partial charge in [0.05, 0.1) is 0 Å². The van der Waals surface area contributed by atoms with Crippen LogP contribution in [0.2, 0.25) is 0 Å². The summed E-state index contributed by atoms with van der Waals surface area (Å²) in [7, 11) is 0. The molecule has 0 radical (unpaired) electrons. The van der Waals surface area contributed by atoms with Crippen molar-refractivity contribution >= 4 is 6.72 Å². The average molecular weight is 257 g/mol. The van der Waals surface area contributed by atoms with Gasteiger partial charge < -0.3 is 0 Å². The highest BCUT2D eigenvalue weighted by molar-refractivity contribution is 5.38.